The Morgan fingerprint density at radius 3 is 1.18 bits per heavy atom. The molecular formula is C48H30N4O7S2. The molecule has 7 aromatic rings. The van der Waals surface area contributed by atoms with Crippen molar-refractivity contribution >= 4 is 81.2 Å². The lowest BCUT2D eigenvalue weighted by Gasteiger charge is -2.22. The molecule has 0 fully saturated rings. The molecular weight excluding hydrogens is 809 g/mol. The van der Waals surface area contributed by atoms with Crippen LogP contribution in [0.2, 0.25) is 0 Å². The van der Waals surface area contributed by atoms with E-state index in [4.69, 9.17) is 27.7 Å². The van der Waals surface area contributed by atoms with Crippen molar-refractivity contribution in [2.24, 2.45) is 0 Å². The third kappa shape index (κ3) is 6.71. The molecule has 13 heteroatoms. The third-order valence-corrected chi connectivity index (χ3v) is 12.6. The summed E-state index contributed by atoms with van der Waals surface area (Å²) in [6.07, 6.45) is 0. The van der Waals surface area contributed by atoms with Crippen LogP contribution in [0.4, 0.5) is 22.7 Å². The molecule has 2 aliphatic rings. The summed E-state index contributed by atoms with van der Waals surface area (Å²) in [7, 11) is 0. The van der Waals surface area contributed by atoms with Crippen molar-refractivity contribution in [2.45, 2.75) is 19.6 Å². The van der Waals surface area contributed by atoms with Gasteiger partial charge >= 0.3 is 5.97 Å². The highest BCUT2D eigenvalue weighted by molar-refractivity contribution is 7.99. The lowest BCUT2D eigenvalue weighted by Crippen LogP contribution is -2.24. The molecule has 0 saturated carbocycles. The quantitative estimate of drug-likeness (QED) is 0.0491. The van der Waals surface area contributed by atoms with Crippen molar-refractivity contribution in [1.82, 2.24) is 0 Å². The molecule has 0 amide bonds. The van der Waals surface area contributed by atoms with Gasteiger partial charge in [0, 0.05) is 64.3 Å². The zero-order chi connectivity index (χ0) is 42.7. The van der Waals surface area contributed by atoms with E-state index in [1.807, 2.05) is 0 Å². The molecule has 0 aliphatic heterocycles. The van der Waals surface area contributed by atoms with Crippen LogP contribution in [0.1, 0.15) is 90.0 Å². The number of esters is 1. The number of anilines is 4. The van der Waals surface area contributed by atoms with E-state index in [2.05, 4.69) is 0 Å². The topological polar surface area (TPSA) is 216 Å². The van der Waals surface area contributed by atoms with E-state index >= 15 is 0 Å². The van der Waals surface area contributed by atoms with Crippen LogP contribution in [0.15, 0.2) is 153 Å². The lowest BCUT2D eigenvalue weighted by atomic mass is 9.82. The maximum Gasteiger partial charge on any atom is 0.343 e. The number of carbonyl (C=O) groups excluding carboxylic acids is 6. The van der Waals surface area contributed by atoms with E-state index in [1.165, 1.54) is 35.7 Å². The zero-order valence-corrected chi connectivity index (χ0v) is 33.3. The molecule has 61 heavy (non-hydrogen) atoms. The van der Waals surface area contributed by atoms with Crippen molar-refractivity contribution < 1.29 is 33.5 Å². The smallest absolute Gasteiger partial charge is 0.343 e. The van der Waals surface area contributed by atoms with Gasteiger partial charge in [0.15, 0.2) is 28.9 Å². The van der Waals surface area contributed by atoms with Crippen molar-refractivity contribution in [3.8, 4) is 5.75 Å². The minimum absolute atomic E-state index is 0.0872. The number of rotatable bonds is 8. The minimum atomic E-state index is -0.631. The minimum Gasteiger partial charge on any atom is -0.423 e. The Bertz CT molecular complexity index is 3090. The first-order chi connectivity index (χ1) is 29.4. The Balaban J connectivity index is 0.841. The number of ketones is 5. The molecule has 0 radical (unpaired) electrons. The van der Waals surface area contributed by atoms with Gasteiger partial charge in [-0.15, -0.1) is 0 Å². The van der Waals surface area contributed by atoms with Gasteiger partial charge in [0.05, 0.1) is 39.2 Å². The normalized spacial score (nSPS) is 12.6. The molecule has 0 spiro atoms. The second-order valence-electron chi connectivity index (χ2n) is 14.2. The standard InChI is InChI=1S/C48H30N4O7S2/c49-33-21-35(41(51)39-37(33)44(54)29-5-1-3-7-31(29)46(39)56)60-27-17-13-24(14-18-27)43(53)23-9-11-25(12-10-23)48(58)59-26-15-19-28(20-16-26)61-36-22-34(50)38-40(42(36)52)47(57)32-8-4-2-6-30(32)45(38)55/h1-22H,49-52H2. The van der Waals surface area contributed by atoms with Crippen LogP contribution in [-0.4, -0.2) is 34.9 Å². The van der Waals surface area contributed by atoms with Crippen LogP contribution in [-0.2, 0) is 0 Å². The number of hydrogen-bond acceptors (Lipinski definition) is 13. The third-order valence-electron chi connectivity index (χ3n) is 10.5. The van der Waals surface area contributed by atoms with Crippen molar-refractivity contribution in [3.63, 3.8) is 0 Å². The van der Waals surface area contributed by atoms with E-state index in [0.717, 1.165) is 4.90 Å². The highest BCUT2D eigenvalue weighted by Crippen LogP contribution is 2.44. The predicted molar refractivity (Wildman–Crippen MR) is 233 cm³/mol. The molecule has 296 valence electrons. The highest BCUT2D eigenvalue weighted by atomic mass is 32.2. The number of nitrogens with two attached hydrogens (primary N) is 4. The lowest BCUT2D eigenvalue weighted by molar-refractivity contribution is 0.0733. The summed E-state index contributed by atoms with van der Waals surface area (Å²) in [6.45, 7) is 0. The number of fused-ring (bicyclic) bond motifs is 4. The number of carbonyl (C=O) groups is 6. The summed E-state index contributed by atoms with van der Waals surface area (Å²) in [4.78, 5) is 82.0. The van der Waals surface area contributed by atoms with E-state index in [9.17, 15) is 28.8 Å². The van der Waals surface area contributed by atoms with E-state index < -0.39 is 5.97 Å². The maximum absolute atomic E-state index is 13.4. The molecule has 7 aromatic carbocycles. The van der Waals surface area contributed by atoms with E-state index in [-0.39, 0.29) is 107 Å². The van der Waals surface area contributed by atoms with Crippen LogP contribution in [0, 0.1) is 0 Å². The summed E-state index contributed by atoms with van der Waals surface area (Å²) in [5.41, 5.74) is 28.6. The zero-order valence-electron chi connectivity index (χ0n) is 31.7. The van der Waals surface area contributed by atoms with Gasteiger partial charge in [0.1, 0.15) is 5.75 Å². The fraction of sp³-hybridized carbons (Fsp3) is 0. The summed E-state index contributed by atoms with van der Waals surface area (Å²) in [5.74, 6) is -2.07. The van der Waals surface area contributed by atoms with Crippen molar-refractivity contribution in [2.75, 3.05) is 22.9 Å². The van der Waals surface area contributed by atoms with Gasteiger partial charge in [-0.05, 0) is 72.8 Å². The molecule has 2 aliphatic carbocycles. The fourth-order valence-electron chi connectivity index (χ4n) is 7.41. The molecule has 0 aromatic heterocycles. The second kappa shape index (κ2) is 15.1. The van der Waals surface area contributed by atoms with Gasteiger partial charge in [0.25, 0.3) is 0 Å². The first-order valence-corrected chi connectivity index (χ1v) is 20.3. The number of hydrogen-bond donors (Lipinski definition) is 4. The number of benzene rings is 7. The van der Waals surface area contributed by atoms with Gasteiger partial charge in [0.2, 0.25) is 0 Å². The number of nitrogen functional groups attached to an aromatic ring is 4. The second-order valence-corrected chi connectivity index (χ2v) is 16.4. The molecule has 0 bridgehead atoms. The summed E-state index contributed by atoms with van der Waals surface area (Å²) >= 11 is 2.49. The summed E-state index contributed by atoms with van der Waals surface area (Å²) in [6, 6.07) is 35.8. The van der Waals surface area contributed by atoms with Gasteiger partial charge in [-0.1, -0.05) is 84.2 Å². The van der Waals surface area contributed by atoms with Gasteiger partial charge < -0.3 is 27.7 Å². The largest absolute Gasteiger partial charge is 0.423 e. The monoisotopic (exact) mass is 838 g/mol. The predicted octanol–water partition coefficient (Wildman–Crippen LogP) is 8.32. The van der Waals surface area contributed by atoms with Gasteiger partial charge in [-0.25, -0.2) is 4.79 Å². The number of ether oxygens (including phenoxy) is 1. The Labute approximate surface area is 356 Å². The van der Waals surface area contributed by atoms with E-state index in [0.29, 0.717) is 25.8 Å². The molecule has 9 rings (SSSR count). The maximum atomic E-state index is 13.4. The van der Waals surface area contributed by atoms with Gasteiger partial charge in [-0.2, -0.15) is 0 Å². The van der Waals surface area contributed by atoms with Crippen molar-refractivity contribution in [1.29, 1.82) is 0 Å². The average Bonchev–Trinajstić information content (AvgIpc) is 3.27. The van der Waals surface area contributed by atoms with E-state index in [1.54, 1.807) is 121 Å². The SMILES string of the molecule is Nc1cc(Sc2ccc(OC(=O)c3ccc(C(=O)c4ccc(Sc5cc(N)c6c(c5N)C(=O)c5ccccc5C6=O)cc4)cc3)cc2)c(N)c2c1C(=O)c1ccccc1C2=O. The Morgan fingerprint density at radius 2 is 0.770 bits per heavy atom. The Morgan fingerprint density at radius 1 is 0.426 bits per heavy atom. The molecule has 11 nitrogen and oxygen atoms in total. The highest BCUT2D eigenvalue weighted by Gasteiger charge is 2.35. The Hall–Kier alpha value is -7.74. The van der Waals surface area contributed by atoms with Crippen LogP contribution >= 0.6 is 23.5 Å². The van der Waals surface area contributed by atoms with Crippen LogP contribution in [0.3, 0.4) is 0 Å². The molecule has 0 unspecified atom stereocenters. The molecule has 0 atom stereocenters. The first kappa shape index (κ1) is 38.8. The molecule has 0 heterocycles. The Kier molecular flexibility index (Phi) is 9.62. The van der Waals surface area contributed by atoms with Crippen LogP contribution in [0.25, 0.3) is 0 Å². The van der Waals surface area contributed by atoms with Crippen LogP contribution in [0.5, 0.6) is 5.75 Å². The molecule has 8 N–H and O–H groups in total. The van der Waals surface area contributed by atoms with Crippen molar-refractivity contribution in [3.05, 3.63) is 195 Å². The molecule has 0 saturated heterocycles. The van der Waals surface area contributed by atoms with Gasteiger partial charge in [-0.3, -0.25) is 24.0 Å². The first-order valence-electron chi connectivity index (χ1n) is 18.6. The average molecular weight is 839 g/mol. The summed E-state index contributed by atoms with van der Waals surface area (Å²) in [5, 5.41) is 0. The fourth-order valence-corrected chi connectivity index (χ4v) is 9.26. The van der Waals surface area contributed by atoms with Crippen LogP contribution < -0.4 is 27.7 Å². The summed E-state index contributed by atoms with van der Waals surface area (Å²) < 4.78 is 5.59.